The van der Waals surface area contributed by atoms with Crippen molar-refractivity contribution in [2.45, 2.75) is 51.4 Å². The van der Waals surface area contributed by atoms with Gasteiger partial charge in [-0.25, -0.2) is 0 Å². The van der Waals surface area contributed by atoms with E-state index in [2.05, 4.69) is 6.58 Å². The van der Waals surface area contributed by atoms with Crippen molar-refractivity contribution in [2.24, 2.45) is 0 Å². The molecule has 116 valence electrons. The van der Waals surface area contributed by atoms with Crippen LogP contribution in [0.15, 0.2) is 36.9 Å². The van der Waals surface area contributed by atoms with Crippen LogP contribution in [0.5, 0.6) is 5.75 Å². The highest BCUT2D eigenvalue weighted by molar-refractivity contribution is 5.85. The molecule has 0 bridgehead atoms. The molecule has 21 heavy (non-hydrogen) atoms. The van der Waals surface area contributed by atoms with Crippen LogP contribution in [-0.4, -0.2) is 12.6 Å². The molecule has 0 saturated carbocycles. The summed E-state index contributed by atoms with van der Waals surface area (Å²) in [5.41, 5.74) is 0.179. The molecular formula is C18H25O3-. The Morgan fingerprint density at radius 1 is 1.00 bits per heavy atom. The highest BCUT2D eigenvalue weighted by atomic mass is 16.5. The van der Waals surface area contributed by atoms with E-state index in [1.165, 1.54) is 50.7 Å². The van der Waals surface area contributed by atoms with Crippen LogP contribution in [0.2, 0.25) is 0 Å². The van der Waals surface area contributed by atoms with Crippen molar-refractivity contribution < 1.29 is 14.6 Å². The van der Waals surface area contributed by atoms with E-state index in [0.717, 1.165) is 12.8 Å². The molecular weight excluding hydrogens is 264 g/mol. The van der Waals surface area contributed by atoms with Crippen LogP contribution in [0, 0.1) is 0 Å². The van der Waals surface area contributed by atoms with E-state index in [4.69, 9.17) is 4.74 Å². The van der Waals surface area contributed by atoms with Crippen molar-refractivity contribution in [3.8, 4) is 5.75 Å². The third-order valence-corrected chi connectivity index (χ3v) is 3.41. The molecule has 0 fully saturated rings. The fraction of sp³-hybridized carbons (Fsp3) is 0.500. The Morgan fingerprint density at radius 2 is 1.57 bits per heavy atom. The molecule has 0 atom stereocenters. The second-order valence-electron chi connectivity index (χ2n) is 5.21. The Hall–Kier alpha value is -1.77. The molecule has 3 nitrogen and oxygen atoms in total. The number of carboxylic acid groups (broad SMARTS) is 1. The molecule has 0 spiro atoms. The number of aromatic carboxylic acids is 1. The number of allylic oxidation sites excluding steroid dienone is 1. The topological polar surface area (TPSA) is 49.4 Å². The summed E-state index contributed by atoms with van der Waals surface area (Å²) in [6.45, 7) is 4.40. The number of carbonyl (C=O) groups is 1. The van der Waals surface area contributed by atoms with E-state index >= 15 is 0 Å². The molecule has 0 aromatic heterocycles. The maximum Gasteiger partial charge on any atom is 0.119 e. The molecule has 0 aliphatic carbocycles. The van der Waals surface area contributed by atoms with Gasteiger partial charge in [0.25, 0.3) is 0 Å². The number of carboxylic acids is 1. The Labute approximate surface area is 127 Å². The number of ether oxygens (including phenoxy) is 1. The van der Waals surface area contributed by atoms with E-state index in [1.807, 2.05) is 6.08 Å². The summed E-state index contributed by atoms with van der Waals surface area (Å²) in [6, 6.07) is 6.36. The zero-order valence-corrected chi connectivity index (χ0v) is 12.7. The van der Waals surface area contributed by atoms with Crippen LogP contribution >= 0.6 is 0 Å². The Kier molecular flexibility index (Phi) is 9.01. The van der Waals surface area contributed by atoms with Gasteiger partial charge in [-0.15, -0.1) is 6.58 Å². The lowest BCUT2D eigenvalue weighted by Crippen LogP contribution is -2.21. The second-order valence-corrected chi connectivity index (χ2v) is 5.21. The van der Waals surface area contributed by atoms with Crippen LogP contribution in [0.4, 0.5) is 0 Å². The third kappa shape index (κ3) is 8.18. The number of carbonyl (C=O) groups excluding carboxylic acids is 1. The normalized spacial score (nSPS) is 10.3. The summed E-state index contributed by atoms with van der Waals surface area (Å²) >= 11 is 0. The lowest BCUT2D eigenvalue weighted by atomic mass is 10.1. The van der Waals surface area contributed by atoms with Crippen LogP contribution < -0.4 is 9.84 Å². The lowest BCUT2D eigenvalue weighted by Gasteiger charge is -2.07. The number of rotatable bonds is 12. The maximum atomic E-state index is 10.6. The van der Waals surface area contributed by atoms with Crippen molar-refractivity contribution in [3.05, 3.63) is 42.5 Å². The summed E-state index contributed by atoms with van der Waals surface area (Å²) in [4.78, 5) is 10.6. The van der Waals surface area contributed by atoms with E-state index in [-0.39, 0.29) is 5.56 Å². The van der Waals surface area contributed by atoms with Gasteiger partial charge < -0.3 is 14.6 Å². The van der Waals surface area contributed by atoms with Crippen LogP contribution in [-0.2, 0) is 0 Å². The van der Waals surface area contributed by atoms with Crippen molar-refractivity contribution >= 4 is 5.97 Å². The van der Waals surface area contributed by atoms with Gasteiger partial charge >= 0.3 is 0 Å². The van der Waals surface area contributed by atoms with Gasteiger partial charge in [-0.2, -0.15) is 0 Å². The predicted molar refractivity (Wildman–Crippen MR) is 83.4 cm³/mol. The standard InChI is InChI=1S/C18H26O3/c1-2-3-4-5-6-7-8-9-10-15-21-17-13-11-16(12-14-17)18(19)20/h2,11-14H,1,3-10,15H2,(H,19,20)/p-1. The second kappa shape index (κ2) is 11.0. The molecule has 0 aliphatic heterocycles. The molecule has 1 rings (SSSR count). The zero-order chi connectivity index (χ0) is 15.3. The van der Waals surface area contributed by atoms with Gasteiger partial charge in [0, 0.05) is 0 Å². The summed E-state index contributed by atoms with van der Waals surface area (Å²) < 4.78 is 5.58. The Balaban J connectivity index is 1.99. The van der Waals surface area contributed by atoms with Crippen molar-refractivity contribution in [1.29, 1.82) is 0 Å². The average Bonchev–Trinajstić information content (AvgIpc) is 2.49. The van der Waals surface area contributed by atoms with Gasteiger partial charge in [0.15, 0.2) is 0 Å². The number of benzene rings is 1. The first kappa shape index (κ1) is 17.3. The zero-order valence-electron chi connectivity index (χ0n) is 12.7. The highest BCUT2D eigenvalue weighted by Gasteiger charge is 1.97. The molecule has 1 aromatic rings. The van der Waals surface area contributed by atoms with Crippen LogP contribution in [0.1, 0.15) is 61.7 Å². The summed E-state index contributed by atoms with van der Waals surface area (Å²) in [6.07, 6.45) is 11.7. The molecule has 0 amide bonds. The highest BCUT2D eigenvalue weighted by Crippen LogP contribution is 2.13. The Morgan fingerprint density at radius 3 is 2.14 bits per heavy atom. The number of hydrogen-bond acceptors (Lipinski definition) is 3. The third-order valence-electron chi connectivity index (χ3n) is 3.41. The minimum absolute atomic E-state index is 0.179. The van der Waals surface area contributed by atoms with Gasteiger partial charge in [0.05, 0.1) is 12.6 Å². The van der Waals surface area contributed by atoms with Gasteiger partial charge in [-0.05, 0) is 49.1 Å². The van der Waals surface area contributed by atoms with Gasteiger partial charge in [-0.1, -0.05) is 38.2 Å². The molecule has 0 unspecified atom stereocenters. The number of unbranched alkanes of at least 4 members (excludes halogenated alkanes) is 7. The van der Waals surface area contributed by atoms with Crippen molar-refractivity contribution in [3.63, 3.8) is 0 Å². The molecule has 1 aromatic carbocycles. The first-order valence-electron chi connectivity index (χ1n) is 7.79. The fourth-order valence-corrected chi connectivity index (χ4v) is 2.15. The van der Waals surface area contributed by atoms with Gasteiger partial charge in [0.2, 0.25) is 0 Å². The number of hydrogen-bond donors (Lipinski definition) is 0. The van der Waals surface area contributed by atoms with E-state index < -0.39 is 5.97 Å². The van der Waals surface area contributed by atoms with Crippen molar-refractivity contribution in [2.75, 3.05) is 6.61 Å². The predicted octanol–water partition coefficient (Wildman–Crippen LogP) is 3.74. The van der Waals surface area contributed by atoms with Gasteiger partial charge in [0.1, 0.15) is 5.75 Å². The molecule has 0 aliphatic rings. The molecule has 3 heteroatoms. The molecule has 0 radical (unpaired) electrons. The lowest BCUT2D eigenvalue weighted by molar-refractivity contribution is -0.255. The van der Waals surface area contributed by atoms with Crippen LogP contribution in [0.25, 0.3) is 0 Å². The fourth-order valence-electron chi connectivity index (χ4n) is 2.15. The largest absolute Gasteiger partial charge is 0.545 e. The van der Waals surface area contributed by atoms with E-state index in [9.17, 15) is 9.90 Å². The summed E-state index contributed by atoms with van der Waals surface area (Å²) in [5, 5.41) is 10.6. The Bertz CT molecular complexity index is 409. The van der Waals surface area contributed by atoms with E-state index in [1.54, 1.807) is 12.1 Å². The monoisotopic (exact) mass is 289 g/mol. The van der Waals surface area contributed by atoms with Crippen LogP contribution in [0.3, 0.4) is 0 Å². The quantitative estimate of drug-likeness (QED) is 0.435. The van der Waals surface area contributed by atoms with Crippen molar-refractivity contribution in [1.82, 2.24) is 0 Å². The van der Waals surface area contributed by atoms with Gasteiger partial charge in [-0.3, -0.25) is 0 Å². The first-order valence-corrected chi connectivity index (χ1v) is 7.79. The summed E-state index contributed by atoms with van der Waals surface area (Å²) in [7, 11) is 0. The molecule has 0 N–H and O–H groups in total. The first-order chi connectivity index (χ1) is 10.2. The smallest absolute Gasteiger partial charge is 0.119 e. The summed E-state index contributed by atoms with van der Waals surface area (Å²) in [5.74, 6) is -0.445. The maximum absolute atomic E-state index is 10.6. The minimum Gasteiger partial charge on any atom is -0.545 e. The molecule has 0 heterocycles. The molecule has 0 saturated heterocycles. The van der Waals surface area contributed by atoms with E-state index in [0.29, 0.717) is 12.4 Å². The average molecular weight is 289 g/mol. The minimum atomic E-state index is -1.16. The SMILES string of the molecule is C=CCCCCCCCCCOc1ccc(C(=O)[O-])cc1.